The first-order valence-corrected chi connectivity index (χ1v) is 8.61. The summed E-state index contributed by atoms with van der Waals surface area (Å²) < 4.78 is 10.6. The van der Waals surface area contributed by atoms with Gasteiger partial charge in [0, 0.05) is 22.6 Å². The van der Waals surface area contributed by atoms with Gasteiger partial charge < -0.3 is 14.5 Å². The molecule has 1 heterocycles. The van der Waals surface area contributed by atoms with Gasteiger partial charge in [0.15, 0.2) is 0 Å². The van der Waals surface area contributed by atoms with Gasteiger partial charge in [-0.2, -0.15) is 0 Å². The summed E-state index contributed by atoms with van der Waals surface area (Å²) >= 11 is 0. The van der Waals surface area contributed by atoms with Gasteiger partial charge in [-0.05, 0) is 44.9 Å². The lowest BCUT2D eigenvalue weighted by atomic mass is 9.88. The van der Waals surface area contributed by atoms with E-state index in [4.69, 9.17) is 9.15 Å². The number of aryl methyl sites for hydroxylation is 1. The van der Waals surface area contributed by atoms with Crippen molar-refractivity contribution in [3.05, 3.63) is 29.5 Å². The van der Waals surface area contributed by atoms with Crippen LogP contribution in [-0.4, -0.2) is 18.5 Å². The molecular weight excluding hydrogens is 306 g/mol. The molecular formula is C19H23NO4. The Morgan fingerprint density at radius 2 is 2.00 bits per heavy atom. The fraction of sp³-hybridized carbons (Fsp3) is 0.474. The number of carbonyl (C=O) groups excluding carboxylic acids is 2. The molecule has 0 saturated heterocycles. The van der Waals surface area contributed by atoms with Crippen molar-refractivity contribution in [2.24, 2.45) is 5.92 Å². The fourth-order valence-electron chi connectivity index (χ4n) is 3.30. The first kappa shape index (κ1) is 16.6. The van der Waals surface area contributed by atoms with E-state index in [-0.39, 0.29) is 17.6 Å². The van der Waals surface area contributed by atoms with E-state index in [9.17, 15) is 9.59 Å². The summed E-state index contributed by atoms with van der Waals surface area (Å²) in [6, 6.07) is 5.44. The summed E-state index contributed by atoms with van der Waals surface area (Å²) in [6.45, 7) is 3.89. The molecule has 128 valence electrons. The van der Waals surface area contributed by atoms with E-state index in [0.29, 0.717) is 12.2 Å². The Labute approximate surface area is 141 Å². The highest BCUT2D eigenvalue weighted by Crippen LogP contribution is 2.30. The topological polar surface area (TPSA) is 68.5 Å². The van der Waals surface area contributed by atoms with Gasteiger partial charge in [-0.1, -0.05) is 19.3 Å². The summed E-state index contributed by atoms with van der Waals surface area (Å²) in [5, 5.41) is 3.82. The van der Waals surface area contributed by atoms with Gasteiger partial charge in [-0.25, -0.2) is 4.79 Å². The molecule has 0 radical (unpaired) electrons. The maximum absolute atomic E-state index is 12.4. The van der Waals surface area contributed by atoms with Crippen LogP contribution in [0.15, 0.2) is 22.6 Å². The Kier molecular flexibility index (Phi) is 4.88. The Hall–Kier alpha value is -2.30. The summed E-state index contributed by atoms with van der Waals surface area (Å²) in [6.07, 6.45) is 5.40. The first-order chi connectivity index (χ1) is 11.6. The van der Waals surface area contributed by atoms with Crippen LogP contribution in [0.25, 0.3) is 11.0 Å². The molecule has 2 aromatic rings. The third kappa shape index (κ3) is 3.30. The molecule has 1 aromatic carbocycles. The second-order valence-electron chi connectivity index (χ2n) is 6.31. The van der Waals surface area contributed by atoms with Crippen molar-refractivity contribution in [2.75, 3.05) is 11.9 Å². The van der Waals surface area contributed by atoms with E-state index in [1.54, 1.807) is 19.1 Å². The molecule has 0 atom stereocenters. The molecule has 1 saturated carbocycles. The lowest BCUT2D eigenvalue weighted by Gasteiger charge is -2.20. The molecule has 0 unspecified atom stereocenters. The lowest BCUT2D eigenvalue weighted by Crippen LogP contribution is -2.24. The largest absolute Gasteiger partial charge is 0.460 e. The van der Waals surface area contributed by atoms with Crippen molar-refractivity contribution in [3.8, 4) is 0 Å². The Bertz CT molecular complexity index is 756. The predicted octanol–water partition coefficient (Wildman–Crippen LogP) is 4.44. The van der Waals surface area contributed by atoms with E-state index in [0.717, 1.165) is 42.3 Å². The number of anilines is 1. The number of fused-ring (bicyclic) bond motifs is 1. The highest BCUT2D eigenvalue weighted by atomic mass is 16.5. The summed E-state index contributed by atoms with van der Waals surface area (Å²) in [7, 11) is 0. The van der Waals surface area contributed by atoms with Crippen LogP contribution in [0.1, 0.15) is 55.1 Å². The Balaban J connectivity index is 1.81. The molecule has 1 fully saturated rings. The van der Waals surface area contributed by atoms with Gasteiger partial charge in [-0.15, -0.1) is 0 Å². The van der Waals surface area contributed by atoms with Crippen LogP contribution >= 0.6 is 0 Å². The summed E-state index contributed by atoms with van der Waals surface area (Å²) in [5.74, 6) is -0.0441. The van der Waals surface area contributed by atoms with Crippen molar-refractivity contribution < 1.29 is 18.7 Å². The molecule has 0 aliphatic heterocycles. The molecule has 1 aliphatic carbocycles. The van der Waals surface area contributed by atoms with Gasteiger partial charge in [0.05, 0.1) is 6.61 Å². The number of furan rings is 1. The zero-order valence-corrected chi connectivity index (χ0v) is 14.2. The summed E-state index contributed by atoms with van der Waals surface area (Å²) in [4.78, 5) is 24.3. The zero-order chi connectivity index (χ0) is 17.1. The van der Waals surface area contributed by atoms with Crippen LogP contribution in [0.4, 0.5) is 5.69 Å². The van der Waals surface area contributed by atoms with Crippen molar-refractivity contribution in [1.82, 2.24) is 0 Å². The second-order valence-corrected chi connectivity index (χ2v) is 6.31. The third-order valence-electron chi connectivity index (χ3n) is 4.64. The number of rotatable bonds is 4. The van der Waals surface area contributed by atoms with Crippen molar-refractivity contribution >= 4 is 28.5 Å². The number of carbonyl (C=O) groups is 2. The molecule has 24 heavy (non-hydrogen) atoms. The highest BCUT2D eigenvalue weighted by Gasteiger charge is 2.22. The van der Waals surface area contributed by atoms with E-state index >= 15 is 0 Å². The fourth-order valence-corrected chi connectivity index (χ4v) is 3.30. The molecule has 0 bridgehead atoms. The van der Waals surface area contributed by atoms with E-state index in [1.807, 2.05) is 13.0 Å². The minimum absolute atomic E-state index is 0.0841. The maximum Gasteiger partial charge on any atom is 0.374 e. The average molecular weight is 329 g/mol. The molecule has 0 spiro atoms. The third-order valence-corrected chi connectivity index (χ3v) is 4.64. The molecule has 1 aromatic heterocycles. The highest BCUT2D eigenvalue weighted by molar-refractivity contribution is 5.99. The normalized spacial score (nSPS) is 15.4. The van der Waals surface area contributed by atoms with Gasteiger partial charge in [0.2, 0.25) is 11.7 Å². The molecule has 5 nitrogen and oxygen atoms in total. The number of nitrogens with one attached hydrogen (secondary N) is 1. The van der Waals surface area contributed by atoms with E-state index in [2.05, 4.69) is 5.32 Å². The van der Waals surface area contributed by atoms with Crippen LogP contribution < -0.4 is 5.32 Å². The van der Waals surface area contributed by atoms with E-state index in [1.165, 1.54) is 6.42 Å². The number of ether oxygens (including phenoxy) is 1. The molecule has 3 rings (SSSR count). The first-order valence-electron chi connectivity index (χ1n) is 8.61. The van der Waals surface area contributed by atoms with Crippen LogP contribution in [0.3, 0.4) is 0 Å². The van der Waals surface area contributed by atoms with Crippen LogP contribution in [-0.2, 0) is 9.53 Å². The number of benzene rings is 1. The molecule has 1 amide bonds. The number of amides is 1. The average Bonchev–Trinajstić information content (AvgIpc) is 2.93. The Morgan fingerprint density at radius 3 is 2.71 bits per heavy atom. The maximum atomic E-state index is 12.4. The smallest absolute Gasteiger partial charge is 0.374 e. The van der Waals surface area contributed by atoms with Crippen LogP contribution in [0.2, 0.25) is 0 Å². The zero-order valence-electron chi connectivity index (χ0n) is 14.2. The number of hydrogen-bond donors (Lipinski definition) is 1. The standard InChI is InChI=1S/C19H23NO4/c1-3-23-19(22)17-12(2)15-11-14(9-10-16(15)24-17)20-18(21)13-7-5-4-6-8-13/h9-11,13H,3-8H2,1-2H3,(H,20,21). The summed E-state index contributed by atoms with van der Waals surface area (Å²) in [5.41, 5.74) is 2.08. The van der Waals surface area contributed by atoms with Crippen molar-refractivity contribution in [3.63, 3.8) is 0 Å². The van der Waals surface area contributed by atoms with Crippen molar-refractivity contribution in [2.45, 2.75) is 46.0 Å². The predicted molar refractivity (Wildman–Crippen MR) is 92.1 cm³/mol. The van der Waals surface area contributed by atoms with Crippen LogP contribution in [0.5, 0.6) is 0 Å². The SMILES string of the molecule is CCOC(=O)c1oc2ccc(NC(=O)C3CCCCC3)cc2c1C. The van der Waals surface area contributed by atoms with E-state index < -0.39 is 5.97 Å². The molecule has 1 N–H and O–H groups in total. The Morgan fingerprint density at radius 1 is 1.25 bits per heavy atom. The number of esters is 1. The van der Waals surface area contributed by atoms with Gasteiger partial charge in [0.1, 0.15) is 5.58 Å². The lowest BCUT2D eigenvalue weighted by molar-refractivity contribution is -0.120. The van der Waals surface area contributed by atoms with Gasteiger partial charge >= 0.3 is 5.97 Å². The monoisotopic (exact) mass is 329 g/mol. The van der Waals surface area contributed by atoms with Crippen molar-refractivity contribution in [1.29, 1.82) is 0 Å². The van der Waals surface area contributed by atoms with Gasteiger partial charge in [0.25, 0.3) is 0 Å². The second kappa shape index (κ2) is 7.07. The molecule has 1 aliphatic rings. The minimum Gasteiger partial charge on any atom is -0.460 e. The minimum atomic E-state index is -0.459. The van der Waals surface area contributed by atoms with Crippen LogP contribution in [0, 0.1) is 12.8 Å². The van der Waals surface area contributed by atoms with Gasteiger partial charge in [-0.3, -0.25) is 4.79 Å². The quantitative estimate of drug-likeness (QED) is 0.842. The number of hydrogen-bond acceptors (Lipinski definition) is 4. The molecule has 5 heteroatoms.